The molecule has 0 spiro atoms. The number of nitrogens with one attached hydrogen (secondary N) is 1. The molecule has 1 N–H and O–H groups in total. The Morgan fingerprint density at radius 1 is 1.47 bits per heavy atom. The first kappa shape index (κ1) is 18.5. The van der Waals surface area contributed by atoms with Crippen LogP contribution < -0.4 is 10.1 Å². The number of benzene rings is 1. The standard InChI is InChI=1S/C20H19FN6O3/c1-3-7-22-9-14-24-19(25-30-14)16-17-13-6-8-26(13)20(28)15-12(27(17)10-23-16)5-4-11(21)18(15)29-2/h3-5,10,13,22H,1,6-9H2,2H3/t13-/m0/s1. The first-order valence-electron chi connectivity index (χ1n) is 9.53. The summed E-state index contributed by atoms with van der Waals surface area (Å²) >= 11 is 0. The molecular weight excluding hydrogens is 391 g/mol. The number of methoxy groups -OCH3 is 1. The molecule has 154 valence electrons. The van der Waals surface area contributed by atoms with Gasteiger partial charge in [-0.15, -0.1) is 6.58 Å². The van der Waals surface area contributed by atoms with E-state index in [4.69, 9.17) is 9.26 Å². The van der Waals surface area contributed by atoms with E-state index in [0.717, 1.165) is 12.1 Å². The molecule has 4 heterocycles. The fraction of sp³-hybridized carbons (Fsp3) is 0.300. The van der Waals surface area contributed by atoms with Gasteiger partial charge in [-0.05, 0) is 18.6 Å². The van der Waals surface area contributed by atoms with Gasteiger partial charge in [-0.1, -0.05) is 11.2 Å². The number of hydrogen-bond acceptors (Lipinski definition) is 7. The average molecular weight is 410 g/mol. The molecule has 0 aliphatic carbocycles. The first-order valence-corrected chi connectivity index (χ1v) is 9.53. The summed E-state index contributed by atoms with van der Waals surface area (Å²) < 4.78 is 26.7. The maximum atomic E-state index is 14.3. The molecular formula is C20H19FN6O3. The molecule has 0 unspecified atom stereocenters. The second-order valence-electron chi connectivity index (χ2n) is 7.06. The van der Waals surface area contributed by atoms with Gasteiger partial charge in [0.05, 0.1) is 31.1 Å². The lowest BCUT2D eigenvalue weighted by Gasteiger charge is -2.39. The molecule has 30 heavy (non-hydrogen) atoms. The zero-order valence-corrected chi connectivity index (χ0v) is 16.3. The number of fused-ring (bicyclic) bond motifs is 5. The molecule has 9 nitrogen and oxygen atoms in total. The van der Waals surface area contributed by atoms with Crippen molar-refractivity contribution in [3.63, 3.8) is 0 Å². The van der Waals surface area contributed by atoms with Crippen LogP contribution in [0.1, 0.15) is 34.4 Å². The van der Waals surface area contributed by atoms with Gasteiger partial charge in [0.25, 0.3) is 5.91 Å². The average Bonchev–Trinajstić information content (AvgIpc) is 3.33. The molecule has 3 aromatic rings. The Bertz CT molecular complexity index is 1150. The number of amides is 1. The van der Waals surface area contributed by atoms with E-state index < -0.39 is 5.82 Å². The maximum Gasteiger partial charge on any atom is 0.260 e. The van der Waals surface area contributed by atoms with Gasteiger partial charge in [0.2, 0.25) is 11.7 Å². The van der Waals surface area contributed by atoms with E-state index in [2.05, 4.69) is 27.0 Å². The van der Waals surface area contributed by atoms with Gasteiger partial charge in [0.15, 0.2) is 11.6 Å². The highest BCUT2D eigenvalue weighted by atomic mass is 19.1. The van der Waals surface area contributed by atoms with Crippen molar-refractivity contribution in [2.75, 3.05) is 20.2 Å². The monoisotopic (exact) mass is 410 g/mol. The zero-order valence-electron chi connectivity index (χ0n) is 16.3. The summed E-state index contributed by atoms with van der Waals surface area (Å²) in [6, 6.07) is 2.64. The van der Waals surface area contributed by atoms with Gasteiger partial charge >= 0.3 is 0 Å². The molecule has 2 aromatic heterocycles. The smallest absolute Gasteiger partial charge is 0.260 e. The molecule has 1 atom stereocenters. The Labute approximate surface area is 171 Å². The minimum atomic E-state index is -0.583. The molecule has 1 amide bonds. The Morgan fingerprint density at radius 2 is 2.33 bits per heavy atom. The predicted octanol–water partition coefficient (Wildman–Crippen LogP) is 2.25. The maximum absolute atomic E-state index is 14.3. The van der Waals surface area contributed by atoms with E-state index in [-0.39, 0.29) is 23.3 Å². The minimum absolute atomic E-state index is 0.0682. The number of nitrogens with zero attached hydrogens (tertiary/aromatic N) is 5. The van der Waals surface area contributed by atoms with Gasteiger partial charge < -0.3 is 19.5 Å². The first-order chi connectivity index (χ1) is 14.6. The molecule has 1 saturated heterocycles. The van der Waals surface area contributed by atoms with Gasteiger partial charge in [-0.2, -0.15) is 4.98 Å². The van der Waals surface area contributed by atoms with Crippen molar-refractivity contribution in [1.29, 1.82) is 0 Å². The summed E-state index contributed by atoms with van der Waals surface area (Å²) in [5.74, 6) is -0.153. The lowest BCUT2D eigenvalue weighted by molar-refractivity contribution is 0.0458. The van der Waals surface area contributed by atoms with E-state index in [1.807, 2.05) is 0 Å². The molecule has 5 rings (SSSR count). The number of rotatable bonds is 6. The number of hydrogen-bond donors (Lipinski definition) is 1. The number of ether oxygens (including phenoxy) is 1. The Balaban J connectivity index is 1.63. The van der Waals surface area contributed by atoms with E-state index in [1.54, 1.807) is 27.9 Å². The molecule has 1 aromatic carbocycles. The highest BCUT2D eigenvalue weighted by Gasteiger charge is 2.44. The Kier molecular flexibility index (Phi) is 4.35. The molecule has 10 heteroatoms. The van der Waals surface area contributed by atoms with Crippen LogP contribution in [-0.2, 0) is 6.54 Å². The van der Waals surface area contributed by atoms with E-state index >= 15 is 0 Å². The van der Waals surface area contributed by atoms with Crippen LogP contribution in [0.2, 0.25) is 0 Å². The summed E-state index contributed by atoms with van der Waals surface area (Å²) in [7, 11) is 1.35. The highest BCUT2D eigenvalue weighted by Crippen LogP contribution is 2.45. The molecule has 2 aliphatic rings. The molecule has 0 saturated carbocycles. The Morgan fingerprint density at radius 3 is 3.07 bits per heavy atom. The van der Waals surface area contributed by atoms with Crippen molar-refractivity contribution in [2.24, 2.45) is 0 Å². The van der Waals surface area contributed by atoms with E-state index in [0.29, 0.717) is 42.7 Å². The fourth-order valence-electron chi connectivity index (χ4n) is 3.96. The SMILES string of the molecule is C=CCNCc1nc(-c2ncn3c2[C@@H]2CCN2C(=O)c2c-3ccc(F)c2OC)no1. The highest BCUT2D eigenvalue weighted by molar-refractivity contribution is 6.02. The number of carbonyl (C=O) groups is 1. The molecule has 1 fully saturated rings. The summed E-state index contributed by atoms with van der Waals surface area (Å²) in [4.78, 5) is 23.8. The van der Waals surface area contributed by atoms with Crippen LogP contribution in [0.15, 0.2) is 35.6 Å². The lowest BCUT2D eigenvalue weighted by Crippen LogP contribution is -2.44. The van der Waals surface area contributed by atoms with Crippen LogP contribution in [-0.4, -0.2) is 50.7 Å². The zero-order chi connectivity index (χ0) is 20.8. The molecule has 2 aliphatic heterocycles. The van der Waals surface area contributed by atoms with Crippen LogP contribution in [0.25, 0.3) is 17.2 Å². The quantitative estimate of drug-likeness (QED) is 0.492. The van der Waals surface area contributed by atoms with Crippen LogP contribution in [0, 0.1) is 5.82 Å². The minimum Gasteiger partial charge on any atom is -0.493 e. The van der Waals surface area contributed by atoms with Crippen molar-refractivity contribution in [3.05, 3.63) is 54.1 Å². The third-order valence-electron chi connectivity index (χ3n) is 5.41. The third-order valence-corrected chi connectivity index (χ3v) is 5.41. The van der Waals surface area contributed by atoms with E-state index in [1.165, 1.54) is 13.2 Å². The predicted molar refractivity (Wildman–Crippen MR) is 104 cm³/mol. The van der Waals surface area contributed by atoms with E-state index in [9.17, 15) is 9.18 Å². The molecule has 0 radical (unpaired) electrons. The van der Waals surface area contributed by atoms with Gasteiger partial charge in [-0.25, -0.2) is 9.37 Å². The van der Waals surface area contributed by atoms with Gasteiger partial charge in [-0.3, -0.25) is 9.36 Å². The second kappa shape index (κ2) is 7.06. The second-order valence-corrected chi connectivity index (χ2v) is 7.06. The summed E-state index contributed by atoms with van der Waals surface area (Å²) in [5.41, 5.74) is 2.01. The van der Waals surface area contributed by atoms with Crippen molar-refractivity contribution < 1.29 is 18.4 Å². The van der Waals surface area contributed by atoms with Gasteiger partial charge in [0.1, 0.15) is 17.6 Å². The summed E-state index contributed by atoms with van der Waals surface area (Å²) in [6.07, 6.45) is 4.10. The summed E-state index contributed by atoms with van der Waals surface area (Å²) in [6.45, 7) is 5.24. The molecule has 0 bridgehead atoms. The van der Waals surface area contributed by atoms with Crippen molar-refractivity contribution >= 4 is 5.91 Å². The number of carbonyl (C=O) groups excluding carboxylic acids is 1. The number of halogens is 1. The fourth-order valence-corrected chi connectivity index (χ4v) is 3.96. The van der Waals surface area contributed by atoms with Crippen molar-refractivity contribution in [3.8, 4) is 23.0 Å². The van der Waals surface area contributed by atoms with Crippen LogP contribution in [0.4, 0.5) is 4.39 Å². The topological polar surface area (TPSA) is 98.3 Å². The van der Waals surface area contributed by atoms with Crippen molar-refractivity contribution in [1.82, 2.24) is 29.9 Å². The number of imidazole rings is 1. The van der Waals surface area contributed by atoms with Crippen molar-refractivity contribution in [2.45, 2.75) is 19.0 Å². The van der Waals surface area contributed by atoms with Crippen LogP contribution >= 0.6 is 0 Å². The summed E-state index contributed by atoms with van der Waals surface area (Å²) in [5, 5.41) is 7.17. The normalized spacial score (nSPS) is 16.9. The lowest BCUT2D eigenvalue weighted by atomic mass is 9.97. The van der Waals surface area contributed by atoms with Crippen LogP contribution in [0.3, 0.4) is 0 Å². The van der Waals surface area contributed by atoms with Crippen LogP contribution in [0.5, 0.6) is 5.75 Å². The third kappa shape index (κ3) is 2.64. The largest absolute Gasteiger partial charge is 0.493 e. The number of aromatic nitrogens is 4. The van der Waals surface area contributed by atoms with Gasteiger partial charge in [0, 0.05) is 13.1 Å². The Hall–Kier alpha value is -3.53.